The first-order chi connectivity index (χ1) is 51.6. The van der Waals surface area contributed by atoms with E-state index in [2.05, 4.69) is 58.9 Å². The summed E-state index contributed by atoms with van der Waals surface area (Å²) in [4.78, 5) is 73.2. The molecule has 3 unspecified atom stereocenters. The second kappa shape index (κ2) is 79.2. The highest BCUT2D eigenvalue weighted by Gasteiger charge is 2.30. The van der Waals surface area contributed by atoms with E-state index >= 15 is 0 Å². The van der Waals surface area contributed by atoms with Crippen LogP contribution in [0.15, 0.2) is 24.3 Å². The average Bonchev–Trinajstić information content (AvgIpc) is 0.909. The van der Waals surface area contributed by atoms with E-state index in [-0.39, 0.29) is 25.7 Å². The Morgan fingerprint density at radius 1 is 0.302 bits per heavy atom. The first-order valence-corrected chi connectivity index (χ1v) is 47.5. The van der Waals surface area contributed by atoms with Crippen molar-refractivity contribution in [1.29, 1.82) is 0 Å². The van der Waals surface area contributed by atoms with Gasteiger partial charge in [0.1, 0.15) is 19.3 Å². The summed E-state index contributed by atoms with van der Waals surface area (Å²) in [6.07, 6.45) is 76.0. The van der Waals surface area contributed by atoms with Crippen LogP contribution in [0.4, 0.5) is 0 Å². The summed E-state index contributed by atoms with van der Waals surface area (Å²) in [6.45, 7) is 7.25. The van der Waals surface area contributed by atoms with Crippen molar-refractivity contribution < 1.29 is 80.2 Å². The molecule has 0 aromatic carbocycles. The van der Waals surface area contributed by atoms with Gasteiger partial charge >= 0.3 is 39.5 Å². The Balaban J connectivity index is 5.25. The summed E-state index contributed by atoms with van der Waals surface area (Å²) < 4.78 is 68.8. The highest BCUT2D eigenvalue weighted by molar-refractivity contribution is 7.47. The monoisotopic (exact) mass is 1550 g/mol. The Labute approximate surface area is 650 Å². The number of ether oxygens (including phenoxy) is 4. The molecule has 0 heterocycles. The molecule has 0 aromatic rings. The number of hydrogen-bond donors (Lipinski definition) is 3. The molecule has 0 spiro atoms. The second-order valence-corrected chi connectivity index (χ2v) is 33.7. The van der Waals surface area contributed by atoms with Crippen molar-refractivity contribution in [2.75, 3.05) is 39.6 Å². The summed E-state index contributed by atoms with van der Waals surface area (Å²) in [6, 6.07) is 0. The predicted molar refractivity (Wildman–Crippen MR) is 437 cm³/mol. The zero-order valence-electron chi connectivity index (χ0n) is 69.1. The maximum atomic E-state index is 13.2. The summed E-state index contributed by atoms with van der Waals surface area (Å²) >= 11 is 0. The average molecular weight is 1550 g/mol. The molecule has 106 heavy (non-hydrogen) atoms. The summed E-state index contributed by atoms with van der Waals surface area (Å²) in [5, 5.41) is 10.7. The predicted octanol–water partition coefficient (Wildman–Crippen LogP) is 26.3. The first kappa shape index (κ1) is 104. The van der Waals surface area contributed by atoms with Crippen LogP contribution in [0, 0.1) is 5.92 Å². The summed E-state index contributed by atoms with van der Waals surface area (Å²) in [5.41, 5.74) is 0. The molecule has 6 atom stereocenters. The van der Waals surface area contributed by atoms with Crippen LogP contribution in [0.25, 0.3) is 0 Å². The molecular weight excluding hydrogens is 1380 g/mol. The maximum absolute atomic E-state index is 13.2. The van der Waals surface area contributed by atoms with Crippen LogP contribution in [0.1, 0.15) is 446 Å². The number of aliphatic hydroxyl groups excluding tert-OH is 1. The van der Waals surface area contributed by atoms with Crippen molar-refractivity contribution in [3.8, 4) is 0 Å². The fraction of sp³-hybridized carbons (Fsp3) is 0.908. The van der Waals surface area contributed by atoms with Gasteiger partial charge in [-0.25, -0.2) is 9.13 Å². The van der Waals surface area contributed by atoms with E-state index in [9.17, 15) is 43.2 Å². The number of allylic oxidation sites excluding steroid dienone is 4. The lowest BCUT2D eigenvalue weighted by Gasteiger charge is -2.21. The molecule has 0 aliphatic carbocycles. The Hall–Kier alpha value is -2.46. The number of phosphoric acid groups is 2. The lowest BCUT2D eigenvalue weighted by Crippen LogP contribution is -2.30. The minimum absolute atomic E-state index is 0.0846. The zero-order valence-corrected chi connectivity index (χ0v) is 70.9. The highest BCUT2D eigenvalue weighted by Crippen LogP contribution is 2.45. The van der Waals surface area contributed by atoms with Crippen molar-refractivity contribution >= 4 is 39.5 Å². The zero-order chi connectivity index (χ0) is 77.6. The number of rotatable bonds is 85. The highest BCUT2D eigenvalue weighted by atomic mass is 31.2. The molecule has 0 fully saturated rings. The molecule has 0 aromatic heterocycles. The van der Waals surface area contributed by atoms with E-state index in [4.69, 9.17) is 37.0 Å². The van der Waals surface area contributed by atoms with Gasteiger partial charge in [-0.2, -0.15) is 0 Å². The second-order valence-electron chi connectivity index (χ2n) is 30.8. The summed E-state index contributed by atoms with van der Waals surface area (Å²) in [5.74, 6) is -1.41. The van der Waals surface area contributed by atoms with Gasteiger partial charge in [-0.1, -0.05) is 393 Å². The van der Waals surface area contributed by atoms with Crippen molar-refractivity contribution in [2.45, 2.75) is 464 Å². The van der Waals surface area contributed by atoms with Gasteiger partial charge in [0.25, 0.3) is 0 Å². The van der Waals surface area contributed by atoms with E-state index in [1.54, 1.807) is 0 Å². The molecule has 0 bridgehead atoms. The van der Waals surface area contributed by atoms with E-state index < -0.39 is 97.5 Å². The normalized spacial score (nSPS) is 14.2. The molecule has 17 nitrogen and oxygen atoms in total. The lowest BCUT2D eigenvalue weighted by molar-refractivity contribution is -0.161. The molecule has 0 aliphatic heterocycles. The quantitative estimate of drug-likeness (QED) is 0.0169. The van der Waals surface area contributed by atoms with Gasteiger partial charge in [-0.05, 0) is 57.3 Å². The van der Waals surface area contributed by atoms with Gasteiger partial charge in [0.05, 0.1) is 26.4 Å². The number of esters is 4. The fourth-order valence-electron chi connectivity index (χ4n) is 13.1. The summed E-state index contributed by atoms with van der Waals surface area (Å²) in [7, 11) is -9.94. The standard InChI is InChI=1S/C87H166O17P2/c1-6-10-13-16-19-22-25-28-31-33-35-37-39-41-44-47-50-53-56-63-68-72-86(91)103-82(76-97-84(89)70-65-60-54-51-48-45-43-40-38-36-34-32-29-26-23-20-17-14-11-7-2)78-101-105(93,94)99-74-81(88)75-100-106(95,96)102-79-83(77-98-85(90)71-66-61-58-57-59-64-69-80(5)9-4)104-87(92)73-67-62-55-52-49-46-42-30-27-24-21-18-15-12-8-3/h24,27,30,42,80-83,88H,6-23,25-26,28-29,31-41,43-79H2,1-5H3,(H,93,94)(H,95,96)/b27-24-,42-30-/t80?,81-,82-,83-/m1/s1. The number of carbonyl (C=O) groups excluding carboxylic acids is 4. The van der Waals surface area contributed by atoms with Gasteiger partial charge in [-0.15, -0.1) is 0 Å². The van der Waals surface area contributed by atoms with Crippen LogP contribution < -0.4 is 0 Å². The number of phosphoric ester groups is 2. The molecule has 3 N–H and O–H groups in total. The van der Waals surface area contributed by atoms with Crippen molar-refractivity contribution in [3.05, 3.63) is 24.3 Å². The minimum Gasteiger partial charge on any atom is -0.462 e. The first-order valence-electron chi connectivity index (χ1n) is 44.5. The van der Waals surface area contributed by atoms with Crippen molar-refractivity contribution in [2.24, 2.45) is 5.92 Å². The van der Waals surface area contributed by atoms with Gasteiger partial charge in [0.2, 0.25) is 0 Å². The van der Waals surface area contributed by atoms with Crippen LogP contribution in [-0.4, -0.2) is 96.7 Å². The molecule has 0 saturated carbocycles. The maximum Gasteiger partial charge on any atom is 0.472 e. The van der Waals surface area contributed by atoms with Crippen molar-refractivity contribution in [3.63, 3.8) is 0 Å². The molecule has 19 heteroatoms. The van der Waals surface area contributed by atoms with E-state index in [0.29, 0.717) is 25.7 Å². The molecule has 0 amide bonds. The van der Waals surface area contributed by atoms with E-state index in [1.807, 2.05) is 0 Å². The van der Waals surface area contributed by atoms with Crippen molar-refractivity contribution in [1.82, 2.24) is 0 Å². The van der Waals surface area contributed by atoms with Crippen LogP contribution in [0.2, 0.25) is 0 Å². The number of hydrogen-bond acceptors (Lipinski definition) is 15. The van der Waals surface area contributed by atoms with Crippen LogP contribution in [-0.2, 0) is 65.4 Å². The molecule has 0 rings (SSSR count). The third-order valence-corrected chi connectivity index (χ3v) is 22.2. The third-order valence-electron chi connectivity index (χ3n) is 20.3. The Bertz CT molecular complexity index is 2110. The minimum atomic E-state index is -4.97. The lowest BCUT2D eigenvalue weighted by atomic mass is 10.00. The molecule has 0 radical (unpaired) electrons. The number of carbonyl (C=O) groups is 4. The fourth-order valence-corrected chi connectivity index (χ4v) is 14.7. The van der Waals surface area contributed by atoms with Gasteiger partial charge in [0.15, 0.2) is 12.2 Å². The molecule has 626 valence electrons. The molecule has 0 saturated heterocycles. The number of aliphatic hydroxyl groups is 1. The smallest absolute Gasteiger partial charge is 0.462 e. The van der Waals surface area contributed by atoms with Crippen LogP contribution >= 0.6 is 15.6 Å². The van der Waals surface area contributed by atoms with Crippen LogP contribution in [0.5, 0.6) is 0 Å². The SMILES string of the molecule is CCCCCC/C=C\C=C/CCCCCCCC(=O)O[C@H](COC(=O)CCCCCCCCC(C)CC)COP(=O)(O)OC[C@H](O)COP(=O)(O)OC[C@@H](COC(=O)CCCCCCCCCCCCCCCCCCCCCC)OC(=O)CCCCCCCCCCCCCCCCCCCCCCC. The van der Waals surface area contributed by atoms with E-state index in [0.717, 1.165) is 115 Å². The number of unbranched alkanes of at least 4 members (excludes halogenated alkanes) is 53. The van der Waals surface area contributed by atoms with Gasteiger partial charge in [0, 0.05) is 25.7 Å². The Kier molecular flexibility index (Phi) is 77.4. The largest absolute Gasteiger partial charge is 0.472 e. The van der Waals surface area contributed by atoms with Gasteiger partial charge < -0.3 is 33.8 Å². The van der Waals surface area contributed by atoms with Gasteiger partial charge in [-0.3, -0.25) is 37.3 Å². The third kappa shape index (κ3) is 78.2. The Morgan fingerprint density at radius 3 is 0.802 bits per heavy atom. The van der Waals surface area contributed by atoms with Crippen LogP contribution in [0.3, 0.4) is 0 Å². The Morgan fingerprint density at radius 2 is 0.528 bits per heavy atom. The molecular formula is C87H166O17P2. The molecule has 0 aliphatic rings. The topological polar surface area (TPSA) is 237 Å². The van der Waals surface area contributed by atoms with E-state index in [1.165, 1.54) is 250 Å².